The Labute approximate surface area is 123 Å². The largest absolute Gasteiger partial charge is 0.465 e. The van der Waals surface area contributed by atoms with Crippen molar-refractivity contribution in [3.63, 3.8) is 0 Å². The van der Waals surface area contributed by atoms with E-state index < -0.39 is 18.2 Å². The summed E-state index contributed by atoms with van der Waals surface area (Å²) in [5.41, 5.74) is 0.721. The fraction of sp³-hybridized carbons (Fsp3) is 0.429. The smallest absolute Gasteiger partial charge is 0.414 e. The number of benzene rings is 1. The zero-order valence-corrected chi connectivity index (χ0v) is 12.3. The standard InChI is InChI=1S/C14H20N2O5/c1-15(2)14(20)21-11-6-4-10(5-7-11)12(8-9-17)16(3)13(18)19/h4-7,12,17H,8-9H2,1-3H3,(H,18,19). The molecule has 1 rings (SSSR count). The van der Waals surface area contributed by atoms with E-state index in [4.69, 9.17) is 14.9 Å². The Morgan fingerprint density at radius 3 is 2.19 bits per heavy atom. The molecule has 2 N–H and O–H groups in total. The maximum absolute atomic E-state index is 11.4. The lowest BCUT2D eigenvalue weighted by Gasteiger charge is -2.25. The number of aliphatic hydroxyl groups excluding tert-OH is 1. The van der Waals surface area contributed by atoms with Gasteiger partial charge in [0.1, 0.15) is 5.75 Å². The molecule has 116 valence electrons. The van der Waals surface area contributed by atoms with Gasteiger partial charge in [0.15, 0.2) is 0 Å². The molecular formula is C14H20N2O5. The molecule has 0 saturated heterocycles. The molecule has 0 aromatic heterocycles. The third-order valence-corrected chi connectivity index (χ3v) is 3.01. The van der Waals surface area contributed by atoms with Crippen molar-refractivity contribution in [1.82, 2.24) is 9.80 Å². The minimum absolute atomic E-state index is 0.125. The molecule has 0 bridgehead atoms. The molecule has 1 aromatic rings. The van der Waals surface area contributed by atoms with Crippen molar-refractivity contribution in [2.24, 2.45) is 0 Å². The Morgan fingerprint density at radius 1 is 1.19 bits per heavy atom. The predicted molar refractivity (Wildman–Crippen MR) is 76.4 cm³/mol. The van der Waals surface area contributed by atoms with Crippen molar-refractivity contribution in [3.8, 4) is 5.75 Å². The summed E-state index contributed by atoms with van der Waals surface area (Å²) in [7, 11) is 4.61. The first-order valence-electron chi connectivity index (χ1n) is 6.42. The second-order valence-electron chi connectivity index (χ2n) is 4.75. The molecule has 0 radical (unpaired) electrons. The SMILES string of the molecule is CN(C)C(=O)Oc1ccc(C(CCO)N(C)C(=O)O)cc1. The van der Waals surface area contributed by atoms with Gasteiger partial charge in [-0.05, 0) is 24.1 Å². The highest BCUT2D eigenvalue weighted by molar-refractivity contribution is 5.70. The van der Waals surface area contributed by atoms with E-state index >= 15 is 0 Å². The zero-order chi connectivity index (χ0) is 16.0. The number of hydrogen-bond donors (Lipinski definition) is 2. The summed E-state index contributed by atoms with van der Waals surface area (Å²) < 4.78 is 5.09. The first kappa shape index (κ1) is 16.8. The van der Waals surface area contributed by atoms with E-state index in [9.17, 15) is 9.59 Å². The van der Waals surface area contributed by atoms with Crippen LogP contribution in [0.4, 0.5) is 9.59 Å². The maximum Gasteiger partial charge on any atom is 0.414 e. The van der Waals surface area contributed by atoms with Gasteiger partial charge in [0.25, 0.3) is 0 Å². The number of nitrogens with zero attached hydrogens (tertiary/aromatic N) is 2. The first-order valence-corrected chi connectivity index (χ1v) is 6.42. The molecule has 0 saturated carbocycles. The van der Waals surface area contributed by atoms with Crippen molar-refractivity contribution in [1.29, 1.82) is 0 Å². The summed E-state index contributed by atoms with van der Waals surface area (Å²) in [4.78, 5) is 24.9. The molecule has 0 heterocycles. The zero-order valence-electron chi connectivity index (χ0n) is 12.3. The van der Waals surface area contributed by atoms with Gasteiger partial charge in [-0.2, -0.15) is 0 Å². The third kappa shape index (κ3) is 4.64. The molecule has 1 aromatic carbocycles. The lowest BCUT2D eigenvalue weighted by molar-refractivity contribution is 0.128. The number of hydrogen-bond acceptors (Lipinski definition) is 4. The van der Waals surface area contributed by atoms with Crippen LogP contribution in [0.15, 0.2) is 24.3 Å². The van der Waals surface area contributed by atoms with E-state index in [-0.39, 0.29) is 6.61 Å². The van der Waals surface area contributed by atoms with Gasteiger partial charge in [-0.15, -0.1) is 0 Å². The van der Waals surface area contributed by atoms with E-state index in [0.717, 1.165) is 10.5 Å². The summed E-state index contributed by atoms with van der Waals surface area (Å²) in [5, 5.41) is 18.1. The second-order valence-corrected chi connectivity index (χ2v) is 4.75. The third-order valence-electron chi connectivity index (χ3n) is 3.01. The van der Waals surface area contributed by atoms with Gasteiger partial charge >= 0.3 is 12.2 Å². The molecule has 1 unspecified atom stereocenters. The minimum atomic E-state index is -1.07. The van der Waals surface area contributed by atoms with Crippen molar-refractivity contribution in [2.75, 3.05) is 27.7 Å². The van der Waals surface area contributed by atoms with E-state index in [2.05, 4.69) is 0 Å². The summed E-state index contributed by atoms with van der Waals surface area (Å²) in [6, 6.07) is 6.09. The highest BCUT2D eigenvalue weighted by atomic mass is 16.6. The van der Waals surface area contributed by atoms with Crippen LogP contribution in [0.25, 0.3) is 0 Å². The van der Waals surface area contributed by atoms with Gasteiger partial charge in [-0.3, -0.25) is 0 Å². The molecule has 7 nitrogen and oxygen atoms in total. The Bertz CT molecular complexity index is 487. The highest BCUT2D eigenvalue weighted by Gasteiger charge is 2.20. The van der Waals surface area contributed by atoms with Crippen LogP contribution in [-0.4, -0.2) is 59.9 Å². The average Bonchev–Trinajstić information content (AvgIpc) is 2.44. The quantitative estimate of drug-likeness (QED) is 0.864. The lowest BCUT2D eigenvalue weighted by atomic mass is 10.0. The molecule has 0 fully saturated rings. The van der Waals surface area contributed by atoms with Crippen LogP contribution >= 0.6 is 0 Å². The number of amides is 2. The molecule has 0 aliphatic rings. The molecule has 21 heavy (non-hydrogen) atoms. The topological polar surface area (TPSA) is 90.3 Å². The number of carbonyl (C=O) groups excluding carboxylic acids is 1. The van der Waals surface area contributed by atoms with Crippen LogP contribution in [0.5, 0.6) is 5.75 Å². The molecule has 7 heteroatoms. The highest BCUT2D eigenvalue weighted by Crippen LogP contribution is 2.25. The number of carbonyl (C=O) groups is 2. The van der Waals surface area contributed by atoms with Gasteiger partial charge in [0, 0.05) is 27.7 Å². The van der Waals surface area contributed by atoms with Gasteiger partial charge in [-0.25, -0.2) is 9.59 Å². The van der Waals surface area contributed by atoms with Gasteiger partial charge in [0.05, 0.1) is 6.04 Å². The van der Waals surface area contributed by atoms with Gasteiger partial charge in [0.2, 0.25) is 0 Å². The average molecular weight is 296 g/mol. The molecule has 0 spiro atoms. The summed E-state index contributed by atoms with van der Waals surface area (Å²) in [6.07, 6.45) is -1.27. The van der Waals surface area contributed by atoms with E-state index in [1.54, 1.807) is 38.4 Å². The molecule has 1 atom stereocenters. The van der Waals surface area contributed by atoms with Crippen molar-refractivity contribution >= 4 is 12.2 Å². The Kier molecular flexibility index (Phi) is 5.98. The van der Waals surface area contributed by atoms with Crippen molar-refractivity contribution < 1.29 is 24.5 Å². The molecule has 0 aliphatic carbocycles. The van der Waals surface area contributed by atoms with Crippen LogP contribution in [0.1, 0.15) is 18.0 Å². The Morgan fingerprint density at radius 2 is 1.76 bits per heavy atom. The molecule has 0 aliphatic heterocycles. The number of carboxylic acid groups (broad SMARTS) is 1. The Hall–Kier alpha value is -2.28. The summed E-state index contributed by atoms with van der Waals surface area (Å²) >= 11 is 0. The van der Waals surface area contributed by atoms with Crippen molar-refractivity contribution in [2.45, 2.75) is 12.5 Å². The first-order chi connectivity index (χ1) is 9.86. The number of aliphatic hydroxyl groups is 1. The molecule has 2 amide bonds. The van der Waals surface area contributed by atoms with Crippen molar-refractivity contribution in [3.05, 3.63) is 29.8 Å². The molecular weight excluding hydrogens is 276 g/mol. The van der Waals surface area contributed by atoms with Crippen LogP contribution in [0.3, 0.4) is 0 Å². The van der Waals surface area contributed by atoms with Crippen LogP contribution in [0.2, 0.25) is 0 Å². The minimum Gasteiger partial charge on any atom is -0.465 e. The van der Waals surface area contributed by atoms with Crippen LogP contribution < -0.4 is 4.74 Å². The normalized spacial score (nSPS) is 11.6. The number of ether oxygens (including phenoxy) is 1. The fourth-order valence-corrected chi connectivity index (χ4v) is 1.79. The monoisotopic (exact) mass is 296 g/mol. The summed E-state index contributed by atoms with van der Waals surface area (Å²) in [5.74, 6) is 0.373. The van der Waals surface area contributed by atoms with Gasteiger partial charge < -0.3 is 24.7 Å². The lowest BCUT2D eigenvalue weighted by Crippen LogP contribution is -2.30. The van der Waals surface area contributed by atoms with Crippen LogP contribution in [-0.2, 0) is 0 Å². The van der Waals surface area contributed by atoms with E-state index in [1.165, 1.54) is 11.9 Å². The van der Waals surface area contributed by atoms with Crippen LogP contribution in [0, 0.1) is 0 Å². The second kappa shape index (κ2) is 7.49. The fourth-order valence-electron chi connectivity index (χ4n) is 1.79. The van der Waals surface area contributed by atoms with Gasteiger partial charge in [-0.1, -0.05) is 12.1 Å². The predicted octanol–water partition coefficient (Wildman–Crippen LogP) is 1.78. The Balaban J connectivity index is 2.87. The maximum atomic E-state index is 11.4. The summed E-state index contributed by atoms with van der Waals surface area (Å²) in [6.45, 7) is -0.125. The van der Waals surface area contributed by atoms with E-state index in [0.29, 0.717) is 12.2 Å². The number of rotatable bonds is 5. The van der Waals surface area contributed by atoms with E-state index in [1.807, 2.05) is 0 Å².